The average molecular weight is 222 g/mol. The molecule has 0 aromatic rings. The minimum Gasteiger partial charge on any atom is -0.479 e. The molecule has 2 fully saturated rings. The van der Waals surface area contributed by atoms with Gasteiger partial charge in [-0.3, -0.25) is 0 Å². The lowest BCUT2D eigenvalue weighted by Crippen LogP contribution is -2.42. The van der Waals surface area contributed by atoms with Crippen LogP contribution in [-0.4, -0.2) is 35.9 Å². The Morgan fingerprint density at radius 3 is 2.50 bits per heavy atom. The Bertz CT molecular complexity index is 216. The normalized spacial score (nSPS) is 29.9. The number of hydrogen-bond donors (Lipinski definition) is 2. The van der Waals surface area contributed by atoms with Crippen molar-refractivity contribution in [2.75, 3.05) is 13.1 Å². The van der Waals surface area contributed by atoms with E-state index >= 15 is 0 Å². The van der Waals surface area contributed by atoms with Crippen LogP contribution in [0.25, 0.3) is 0 Å². The molecule has 5 heteroatoms. The maximum absolute atomic E-state index is 10.7. The van der Waals surface area contributed by atoms with Crippen LogP contribution < -0.4 is 5.32 Å². The Morgan fingerprint density at radius 1 is 1.36 bits per heavy atom. The third kappa shape index (κ3) is 2.19. The van der Waals surface area contributed by atoms with E-state index in [1.165, 1.54) is 0 Å². The number of halogens is 1. The second kappa shape index (κ2) is 4.47. The zero-order chi connectivity index (χ0) is 9.31. The molecule has 0 aromatic carbocycles. The number of hydrogen-bond acceptors (Lipinski definition) is 3. The largest absolute Gasteiger partial charge is 0.479 e. The van der Waals surface area contributed by atoms with Crippen LogP contribution in [0, 0.1) is 0 Å². The van der Waals surface area contributed by atoms with Gasteiger partial charge in [-0.05, 0) is 38.8 Å². The smallest absolute Gasteiger partial charge is 0.332 e. The van der Waals surface area contributed by atoms with Crippen molar-refractivity contribution in [2.24, 2.45) is 0 Å². The van der Waals surface area contributed by atoms with Gasteiger partial charge in [-0.25, -0.2) is 4.79 Å². The lowest BCUT2D eigenvalue weighted by molar-refractivity contribution is -0.155. The Balaban J connectivity index is 0.000000980. The monoisotopic (exact) mass is 221 g/mol. The molecule has 2 rings (SSSR count). The van der Waals surface area contributed by atoms with Gasteiger partial charge in [0.1, 0.15) is 0 Å². The van der Waals surface area contributed by atoms with Crippen LogP contribution in [0.1, 0.15) is 25.7 Å². The molecule has 1 unspecified atom stereocenters. The summed E-state index contributed by atoms with van der Waals surface area (Å²) in [5.41, 5.74) is -0.117. The van der Waals surface area contributed by atoms with E-state index in [0.717, 1.165) is 32.4 Å². The first-order chi connectivity index (χ1) is 6.22. The summed E-state index contributed by atoms with van der Waals surface area (Å²) in [5, 5.41) is 12.0. The van der Waals surface area contributed by atoms with Crippen molar-refractivity contribution in [1.29, 1.82) is 0 Å². The highest BCUT2D eigenvalue weighted by atomic mass is 35.5. The van der Waals surface area contributed by atoms with Gasteiger partial charge >= 0.3 is 5.97 Å². The molecule has 2 N–H and O–H groups in total. The average Bonchev–Trinajstić information content (AvgIpc) is 2.51. The van der Waals surface area contributed by atoms with E-state index in [0.29, 0.717) is 6.42 Å². The van der Waals surface area contributed by atoms with Crippen molar-refractivity contribution >= 4 is 18.4 Å². The van der Waals surface area contributed by atoms with Crippen LogP contribution >= 0.6 is 12.4 Å². The van der Waals surface area contributed by atoms with Crippen molar-refractivity contribution in [2.45, 2.75) is 37.4 Å². The van der Waals surface area contributed by atoms with E-state index in [1.54, 1.807) is 0 Å². The molecule has 1 atom stereocenters. The number of carbonyl (C=O) groups is 1. The van der Waals surface area contributed by atoms with Crippen molar-refractivity contribution in [3.63, 3.8) is 0 Å². The van der Waals surface area contributed by atoms with Crippen LogP contribution in [0.3, 0.4) is 0 Å². The molecule has 82 valence electrons. The predicted octanol–water partition coefficient (Wildman–Crippen LogP) is 0.794. The molecule has 2 saturated heterocycles. The summed E-state index contributed by atoms with van der Waals surface area (Å²) in [6.45, 7) is 1.90. The second-order valence-corrected chi connectivity index (χ2v) is 3.92. The van der Waals surface area contributed by atoms with Crippen molar-refractivity contribution in [3.05, 3.63) is 0 Å². The van der Waals surface area contributed by atoms with E-state index in [-0.39, 0.29) is 18.0 Å². The molecule has 0 aromatic heterocycles. The SMILES string of the molecule is Cl.O=C(O)C1CCC2(CCNCC2)O1. The first kappa shape index (κ1) is 11.8. The van der Waals surface area contributed by atoms with E-state index in [1.807, 2.05) is 0 Å². The molecule has 2 heterocycles. The Labute approximate surface area is 89.4 Å². The maximum Gasteiger partial charge on any atom is 0.332 e. The molecule has 0 aliphatic carbocycles. The quantitative estimate of drug-likeness (QED) is 0.688. The summed E-state index contributed by atoms with van der Waals surface area (Å²) in [6.07, 6.45) is 2.94. The Kier molecular flexibility index (Phi) is 3.75. The van der Waals surface area contributed by atoms with Gasteiger partial charge in [0.2, 0.25) is 0 Å². The van der Waals surface area contributed by atoms with Gasteiger partial charge in [-0.1, -0.05) is 0 Å². The molecule has 0 bridgehead atoms. The standard InChI is InChI=1S/C9H15NO3.ClH/c11-8(12)7-1-2-9(13-7)3-5-10-6-4-9;/h7,10H,1-6H2,(H,11,12);1H. The topological polar surface area (TPSA) is 58.6 Å². The van der Waals surface area contributed by atoms with Gasteiger partial charge in [0.15, 0.2) is 6.10 Å². The molecule has 1 spiro atoms. The van der Waals surface area contributed by atoms with E-state index in [2.05, 4.69) is 5.32 Å². The zero-order valence-electron chi connectivity index (χ0n) is 7.99. The van der Waals surface area contributed by atoms with Crippen LogP contribution in [-0.2, 0) is 9.53 Å². The fourth-order valence-electron chi connectivity index (χ4n) is 2.24. The predicted molar refractivity (Wildman–Crippen MR) is 53.8 cm³/mol. The van der Waals surface area contributed by atoms with Crippen LogP contribution in [0.5, 0.6) is 0 Å². The summed E-state index contributed by atoms with van der Waals surface area (Å²) < 4.78 is 5.61. The summed E-state index contributed by atoms with van der Waals surface area (Å²) in [6, 6.07) is 0. The van der Waals surface area contributed by atoms with Crippen LogP contribution in [0.4, 0.5) is 0 Å². The van der Waals surface area contributed by atoms with Gasteiger partial charge in [0.25, 0.3) is 0 Å². The lowest BCUT2D eigenvalue weighted by Gasteiger charge is -2.33. The molecular formula is C9H16ClNO3. The van der Waals surface area contributed by atoms with Crippen molar-refractivity contribution < 1.29 is 14.6 Å². The van der Waals surface area contributed by atoms with Crippen LogP contribution in [0.2, 0.25) is 0 Å². The Morgan fingerprint density at radius 2 is 2.00 bits per heavy atom. The number of carboxylic acid groups (broad SMARTS) is 1. The highest BCUT2D eigenvalue weighted by Crippen LogP contribution is 2.37. The fraction of sp³-hybridized carbons (Fsp3) is 0.889. The molecule has 4 nitrogen and oxygen atoms in total. The molecule has 2 aliphatic rings. The van der Waals surface area contributed by atoms with E-state index < -0.39 is 12.1 Å². The lowest BCUT2D eigenvalue weighted by atomic mass is 9.89. The molecule has 0 amide bonds. The molecule has 0 radical (unpaired) electrons. The van der Waals surface area contributed by atoms with Gasteiger partial charge < -0.3 is 15.2 Å². The minimum atomic E-state index is -0.810. The Hall–Kier alpha value is -0.320. The highest BCUT2D eigenvalue weighted by Gasteiger charge is 2.43. The number of nitrogens with one attached hydrogen (secondary N) is 1. The van der Waals surface area contributed by atoms with E-state index in [4.69, 9.17) is 9.84 Å². The van der Waals surface area contributed by atoms with Gasteiger partial charge in [0, 0.05) is 0 Å². The summed E-state index contributed by atoms with van der Waals surface area (Å²) >= 11 is 0. The fourth-order valence-corrected chi connectivity index (χ4v) is 2.24. The molecular weight excluding hydrogens is 206 g/mol. The van der Waals surface area contributed by atoms with E-state index in [9.17, 15) is 4.79 Å². The molecule has 2 aliphatic heterocycles. The summed E-state index contributed by atoms with van der Waals surface area (Å²) in [4.78, 5) is 10.7. The minimum absolute atomic E-state index is 0. The number of ether oxygens (including phenoxy) is 1. The van der Waals surface area contributed by atoms with Crippen LogP contribution in [0.15, 0.2) is 0 Å². The maximum atomic E-state index is 10.7. The highest BCUT2D eigenvalue weighted by molar-refractivity contribution is 5.85. The van der Waals surface area contributed by atoms with Gasteiger partial charge in [-0.2, -0.15) is 0 Å². The van der Waals surface area contributed by atoms with Crippen molar-refractivity contribution in [3.8, 4) is 0 Å². The molecule has 0 saturated carbocycles. The van der Waals surface area contributed by atoms with Gasteiger partial charge in [0.05, 0.1) is 5.60 Å². The third-order valence-corrected chi connectivity index (χ3v) is 3.04. The summed E-state index contributed by atoms with van der Waals surface area (Å²) in [7, 11) is 0. The first-order valence-electron chi connectivity index (χ1n) is 4.83. The number of aliphatic carboxylic acids is 1. The second-order valence-electron chi connectivity index (χ2n) is 3.92. The summed E-state index contributed by atoms with van der Waals surface area (Å²) in [5.74, 6) is -0.810. The number of carboxylic acids is 1. The first-order valence-corrected chi connectivity index (χ1v) is 4.83. The third-order valence-electron chi connectivity index (χ3n) is 3.04. The number of rotatable bonds is 1. The molecule has 14 heavy (non-hydrogen) atoms. The number of piperidine rings is 1. The van der Waals surface area contributed by atoms with Gasteiger partial charge in [-0.15, -0.1) is 12.4 Å². The van der Waals surface area contributed by atoms with Crippen molar-refractivity contribution in [1.82, 2.24) is 5.32 Å². The zero-order valence-corrected chi connectivity index (χ0v) is 8.81.